The van der Waals surface area contributed by atoms with Crippen LogP contribution in [0.5, 0.6) is 0 Å². The molecule has 2 aromatic rings. The lowest BCUT2D eigenvalue weighted by molar-refractivity contribution is 0.0721. The second-order valence-corrected chi connectivity index (χ2v) is 6.30. The quantitative estimate of drug-likeness (QED) is 0.885. The van der Waals surface area contributed by atoms with E-state index in [9.17, 15) is 4.79 Å². The number of likely N-dealkylation sites (tertiary alicyclic amines) is 1. The molecule has 2 heterocycles. The van der Waals surface area contributed by atoms with Crippen LogP contribution in [0.2, 0.25) is 5.02 Å². The van der Waals surface area contributed by atoms with Crippen molar-refractivity contribution in [2.24, 2.45) is 0 Å². The summed E-state index contributed by atoms with van der Waals surface area (Å²) in [6, 6.07) is 7.64. The minimum Gasteiger partial charge on any atom is -0.341 e. The van der Waals surface area contributed by atoms with E-state index in [0.29, 0.717) is 23.8 Å². The fourth-order valence-electron chi connectivity index (χ4n) is 2.87. The molecule has 1 saturated heterocycles. The van der Waals surface area contributed by atoms with Gasteiger partial charge in [-0.25, -0.2) is 4.98 Å². The number of benzene rings is 1. The zero-order valence-corrected chi connectivity index (χ0v) is 13.8. The number of nitrogens with one attached hydrogen (secondary N) is 1. The van der Waals surface area contributed by atoms with Gasteiger partial charge in [-0.3, -0.25) is 4.79 Å². The molecule has 5 nitrogen and oxygen atoms in total. The lowest BCUT2D eigenvalue weighted by Crippen LogP contribution is -2.37. The minimum absolute atomic E-state index is 0.0170. The van der Waals surface area contributed by atoms with Gasteiger partial charge < -0.3 is 14.8 Å². The number of carbonyl (C=O) groups excluding carboxylic acids is 1. The number of amides is 1. The van der Waals surface area contributed by atoms with E-state index in [4.69, 9.17) is 11.6 Å². The largest absolute Gasteiger partial charge is 0.341 e. The first-order chi connectivity index (χ1) is 11.2. The first kappa shape index (κ1) is 16.0. The van der Waals surface area contributed by atoms with Gasteiger partial charge in [-0.05, 0) is 43.6 Å². The Hall–Kier alpha value is -1.85. The predicted octanol–water partition coefficient (Wildman–Crippen LogP) is 2.80. The van der Waals surface area contributed by atoms with Crippen molar-refractivity contribution in [1.29, 1.82) is 0 Å². The van der Waals surface area contributed by atoms with Gasteiger partial charge in [0.05, 0.1) is 12.5 Å². The Bertz CT molecular complexity index is 621. The number of carbonyl (C=O) groups is 1. The molecule has 1 aromatic carbocycles. The van der Waals surface area contributed by atoms with Crippen LogP contribution < -0.4 is 0 Å². The van der Waals surface area contributed by atoms with Gasteiger partial charge in [0.2, 0.25) is 0 Å². The van der Waals surface area contributed by atoms with Crippen LogP contribution >= 0.6 is 11.6 Å². The molecule has 6 heteroatoms. The molecule has 1 aliphatic heterocycles. The molecule has 0 saturated carbocycles. The van der Waals surface area contributed by atoms with Gasteiger partial charge >= 0.3 is 0 Å². The minimum atomic E-state index is -0.0170. The Morgan fingerprint density at radius 3 is 2.65 bits per heavy atom. The standard InChI is InChI=1S/C17H21ClN4O/c18-15-5-3-14(4-6-15)12-22(10-9-21-7-1-2-8-21)17(23)16-11-19-13-20-16/h3-6,11,13H,1-2,7-10,12H2,(H,19,20). The molecule has 23 heavy (non-hydrogen) atoms. The third-order valence-electron chi connectivity index (χ3n) is 4.19. The van der Waals surface area contributed by atoms with Gasteiger partial charge in [-0.1, -0.05) is 23.7 Å². The Labute approximate surface area is 141 Å². The Morgan fingerprint density at radius 2 is 2.00 bits per heavy atom. The summed E-state index contributed by atoms with van der Waals surface area (Å²) >= 11 is 5.94. The van der Waals surface area contributed by atoms with Gasteiger partial charge in [0.1, 0.15) is 5.69 Å². The highest BCUT2D eigenvalue weighted by molar-refractivity contribution is 6.30. The topological polar surface area (TPSA) is 52.2 Å². The third-order valence-corrected chi connectivity index (χ3v) is 4.44. The summed E-state index contributed by atoms with van der Waals surface area (Å²) in [5.41, 5.74) is 1.60. The van der Waals surface area contributed by atoms with Crippen molar-refractivity contribution in [2.45, 2.75) is 19.4 Å². The van der Waals surface area contributed by atoms with Gasteiger partial charge in [0.15, 0.2) is 0 Å². The zero-order valence-electron chi connectivity index (χ0n) is 13.0. The Balaban J connectivity index is 1.69. The van der Waals surface area contributed by atoms with Gasteiger partial charge in [-0.15, -0.1) is 0 Å². The summed E-state index contributed by atoms with van der Waals surface area (Å²) < 4.78 is 0. The van der Waals surface area contributed by atoms with Crippen molar-refractivity contribution in [3.05, 3.63) is 53.1 Å². The molecule has 0 atom stereocenters. The van der Waals surface area contributed by atoms with Crippen molar-refractivity contribution in [2.75, 3.05) is 26.2 Å². The zero-order chi connectivity index (χ0) is 16.1. The SMILES string of the molecule is O=C(c1cnc[nH]1)N(CCN1CCCC1)Cc1ccc(Cl)cc1. The number of aromatic amines is 1. The van der Waals surface area contributed by atoms with E-state index in [1.165, 1.54) is 19.2 Å². The van der Waals surface area contributed by atoms with Crippen LogP contribution in [0, 0.1) is 0 Å². The fourth-order valence-corrected chi connectivity index (χ4v) is 3.00. The molecule has 0 unspecified atom stereocenters. The van der Waals surface area contributed by atoms with Crippen molar-refractivity contribution < 1.29 is 4.79 Å². The molecule has 0 aliphatic carbocycles. The maximum absolute atomic E-state index is 12.7. The normalized spacial score (nSPS) is 15.0. The fraction of sp³-hybridized carbons (Fsp3) is 0.412. The highest BCUT2D eigenvalue weighted by Gasteiger charge is 2.19. The van der Waals surface area contributed by atoms with Crippen LogP contribution in [0.15, 0.2) is 36.8 Å². The molecule has 1 aromatic heterocycles. The molecule has 0 bridgehead atoms. The molecule has 122 valence electrons. The van der Waals surface area contributed by atoms with Crippen LogP contribution in [0.1, 0.15) is 28.9 Å². The second-order valence-electron chi connectivity index (χ2n) is 5.87. The molecule has 3 rings (SSSR count). The van der Waals surface area contributed by atoms with Crippen molar-refractivity contribution in [3.63, 3.8) is 0 Å². The predicted molar refractivity (Wildman–Crippen MR) is 90.5 cm³/mol. The van der Waals surface area contributed by atoms with E-state index in [-0.39, 0.29) is 5.91 Å². The highest BCUT2D eigenvalue weighted by atomic mass is 35.5. The second kappa shape index (κ2) is 7.62. The average molecular weight is 333 g/mol. The van der Waals surface area contributed by atoms with Crippen molar-refractivity contribution in [3.8, 4) is 0 Å². The summed E-state index contributed by atoms with van der Waals surface area (Å²) in [6.45, 7) is 4.46. The van der Waals surface area contributed by atoms with Gasteiger partial charge in [-0.2, -0.15) is 0 Å². The molecule has 0 radical (unpaired) electrons. The molecular formula is C17H21ClN4O. The number of H-pyrrole nitrogens is 1. The number of nitrogens with zero attached hydrogens (tertiary/aromatic N) is 3. The first-order valence-corrected chi connectivity index (χ1v) is 8.34. The molecule has 1 N–H and O–H groups in total. The lowest BCUT2D eigenvalue weighted by atomic mass is 10.2. The number of halogens is 1. The van der Waals surface area contributed by atoms with Gasteiger partial charge in [0, 0.05) is 24.7 Å². The summed E-state index contributed by atoms with van der Waals surface area (Å²) in [4.78, 5) is 23.8. The Kier molecular flexibility index (Phi) is 5.31. The number of hydrogen-bond donors (Lipinski definition) is 1. The number of aromatic nitrogens is 2. The molecule has 1 aliphatic rings. The van der Waals surface area contributed by atoms with Crippen molar-refractivity contribution >= 4 is 17.5 Å². The highest BCUT2D eigenvalue weighted by Crippen LogP contribution is 2.14. The Morgan fingerprint density at radius 1 is 1.26 bits per heavy atom. The first-order valence-electron chi connectivity index (χ1n) is 7.97. The number of imidazole rings is 1. The van der Waals surface area contributed by atoms with E-state index in [0.717, 1.165) is 25.2 Å². The summed E-state index contributed by atoms with van der Waals surface area (Å²) in [6.07, 6.45) is 5.62. The maximum atomic E-state index is 12.7. The molecule has 1 fully saturated rings. The summed E-state index contributed by atoms with van der Waals surface area (Å²) in [7, 11) is 0. The van der Waals surface area contributed by atoms with E-state index in [1.54, 1.807) is 6.20 Å². The smallest absolute Gasteiger partial charge is 0.272 e. The van der Waals surface area contributed by atoms with Crippen LogP contribution in [0.3, 0.4) is 0 Å². The van der Waals surface area contributed by atoms with Crippen LogP contribution in [-0.2, 0) is 6.54 Å². The van der Waals surface area contributed by atoms with Crippen molar-refractivity contribution in [1.82, 2.24) is 19.8 Å². The maximum Gasteiger partial charge on any atom is 0.272 e. The monoisotopic (exact) mass is 332 g/mol. The average Bonchev–Trinajstić information content (AvgIpc) is 3.26. The molecule has 0 spiro atoms. The summed E-state index contributed by atoms with van der Waals surface area (Å²) in [5.74, 6) is -0.0170. The third kappa shape index (κ3) is 4.33. The van der Waals surface area contributed by atoms with Crippen LogP contribution in [0.25, 0.3) is 0 Å². The number of rotatable bonds is 6. The van der Waals surface area contributed by atoms with Crippen LogP contribution in [-0.4, -0.2) is 51.9 Å². The molecule has 1 amide bonds. The van der Waals surface area contributed by atoms with E-state index in [1.807, 2.05) is 29.2 Å². The van der Waals surface area contributed by atoms with Gasteiger partial charge in [0.25, 0.3) is 5.91 Å². The van der Waals surface area contributed by atoms with E-state index < -0.39 is 0 Å². The summed E-state index contributed by atoms with van der Waals surface area (Å²) in [5, 5.41) is 0.706. The van der Waals surface area contributed by atoms with E-state index >= 15 is 0 Å². The van der Waals surface area contributed by atoms with E-state index in [2.05, 4.69) is 14.9 Å². The van der Waals surface area contributed by atoms with Crippen LogP contribution in [0.4, 0.5) is 0 Å². The number of hydrogen-bond acceptors (Lipinski definition) is 3. The lowest BCUT2D eigenvalue weighted by Gasteiger charge is -2.25. The molecular weight excluding hydrogens is 312 g/mol.